The van der Waals surface area contributed by atoms with E-state index in [1.807, 2.05) is 42.5 Å². The summed E-state index contributed by atoms with van der Waals surface area (Å²) in [6, 6.07) is 15.8. The summed E-state index contributed by atoms with van der Waals surface area (Å²) in [7, 11) is 3.70. The van der Waals surface area contributed by atoms with Crippen LogP contribution in [0.1, 0.15) is 34.5 Å². The lowest BCUT2D eigenvalue weighted by Crippen LogP contribution is -2.22. The van der Waals surface area contributed by atoms with Gasteiger partial charge in [0.2, 0.25) is 0 Å². The molecule has 0 aromatic heterocycles. The van der Waals surface area contributed by atoms with Gasteiger partial charge in [-0.3, -0.25) is 9.69 Å². The summed E-state index contributed by atoms with van der Waals surface area (Å²) >= 11 is 6.27. The van der Waals surface area contributed by atoms with Crippen molar-refractivity contribution in [3.05, 3.63) is 70.2 Å². The molecule has 116 valence electrons. The van der Waals surface area contributed by atoms with Crippen LogP contribution in [0, 0.1) is 0 Å². The molecule has 2 rings (SSSR count). The Balaban J connectivity index is 2.07. The van der Waals surface area contributed by atoms with Crippen LogP contribution in [0.25, 0.3) is 0 Å². The van der Waals surface area contributed by atoms with Crippen LogP contribution in [-0.2, 0) is 6.54 Å². The third-order valence-corrected chi connectivity index (χ3v) is 4.24. The highest BCUT2D eigenvalue weighted by molar-refractivity contribution is 6.31. The third-order valence-electron chi connectivity index (χ3n) is 3.89. The zero-order chi connectivity index (χ0) is 16.1. The van der Waals surface area contributed by atoms with Gasteiger partial charge in [-0.15, -0.1) is 0 Å². The van der Waals surface area contributed by atoms with E-state index >= 15 is 0 Å². The second kappa shape index (κ2) is 7.43. The highest BCUT2D eigenvalue weighted by Crippen LogP contribution is 2.27. The van der Waals surface area contributed by atoms with Gasteiger partial charge in [-0.2, -0.15) is 0 Å². The van der Waals surface area contributed by atoms with E-state index in [1.54, 1.807) is 7.05 Å². The Labute approximate surface area is 136 Å². The summed E-state index contributed by atoms with van der Waals surface area (Å²) in [6.07, 6.45) is 0. The normalized spacial score (nSPS) is 12.2. The van der Waals surface area contributed by atoms with E-state index in [1.165, 1.54) is 0 Å². The maximum atomic E-state index is 11.5. The minimum Gasteiger partial charge on any atom is -0.355 e. The number of rotatable bonds is 5. The highest BCUT2D eigenvalue weighted by atomic mass is 35.5. The molecule has 0 unspecified atom stereocenters. The Bertz CT molecular complexity index is 640. The van der Waals surface area contributed by atoms with Crippen molar-refractivity contribution in [1.82, 2.24) is 10.2 Å². The second-order valence-corrected chi connectivity index (χ2v) is 5.80. The first-order chi connectivity index (χ1) is 10.5. The summed E-state index contributed by atoms with van der Waals surface area (Å²) < 4.78 is 0. The van der Waals surface area contributed by atoms with Crippen molar-refractivity contribution in [1.29, 1.82) is 0 Å². The molecule has 0 heterocycles. The second-order valence-electron chi connectivity index (χ2n) is 5.39. The first-order valence-electron chi connectivity index (χ1n) is 7.28. The van der Waals surface area contributed by atoms with Gasteiger partial charge < -0.3 is 5.32 Å². The number of nitrogens with zero attached hydrogens (tertiary/aromatic N) is 1. The molecular weight excluding hydrogens is 296 g/mol. The van der Waals surface area contributed by atoms with Gasteiger partial charge >= 0.3 is 0 Å². The summed E-state index contributed by atoms with van der Waals surface area (Å²) in [6.45, 7) is 2.93. The fraction of sp³-hybridized carbons (Fsp3) is 0.278. The molecule has 22 heavy (non-hydrogen) atoms. The number of benzene rings is 2. The standard InChI is InChI=1S/C18H21ClN2O/c1-13(16-6-4-5-7-17(16)19)21(3)12-14-8-10-15(11-9-14)18(22)20-2/h4-11,13H,12H2,1-3H3,(H,20,22)/t13-/m0/s1. The molecular formula is C18H21ClN2O. The predicted molar refractivity (Wildman–Crippen MR) is 91.2 cm³/mol. The van der Waals surface area contributed by atoms with Crippen LogP contribution in [0.15, 0.2) is 48.5 Å². The Morgan fingerprint density at radius 3 is 2.41 bits per heavy atom. The van der Waals surface area contributed by atoms with E-state index < -0.39 is 0 Å². The zero-order valence-electron chi connectivity index (χ0n) is 13.1. The molecule has 0 radical (unpaired) electrons. The van der Waals surface area contributed by atoms with E-state index in [0.717, 1.165) is 22.7 Å². The minimum atomic E-state index is -0.0654. The zero-order valence-corrected chi connectivity index (χ0v) is 13.9. The number of carbonyl (C=O) groups is 1. The molecule has 3 nitrogen and oxygen atoms in total. The Kier molecular flexibility index (Phi) is 5.58. The number of hydrogen-bond acceptors (Lipinski definition) is 2. The Morgan fingerprint density at radius 1 is 1.18 bits per heavy atom. The van der Waals surface area contributed by atoms with Gasteiger partial charge in [0.25, 0.3) is 5.91 Å². The van der Waals surface area contributed by atoms with Crippen molar-refractivity contribution in [2.45, 2.75) is 19.5 Å². The fourth-order valence-electron chi connectivity index (χ4n) is 2.38. The summed E-state index contributed by atoms with van der Waals surface area (Å²) in [4.78, 5) is 13.8. The first-order valence-corrected chi connectivity index (χ1v) is 7.66. The highest BCUT2D eigenvalue weighted by Gasteiger charge is 2.14. The molecule has 1 atom stereocenters. The van der Waals surface area contributed by atoms with Crippen molar-refractivity contribution >= 4 is 17.5 Å². The molecule has 2 aromatic carbocycles. The average molecular weight is 317 g/mol. The lowest BCUT2D eigenvalue weighted by molar-refractivity contribution is 0.0963. The smallest absolute Gasteiger partial charge is 0.251 e. The van der Waals surface area contributed by atoms with E-state index in [-0.39, 0.29) is 11.9 Å². The fourth-order valence-corrected chi connectivity index (χ4v) is 2.68. The van der Waals surface area contributed by atoms with Crippen molar-refractivity contribution in [2.75, 3.05) is 14.1 Å². The quantitative estimate of drug-likeness (QED) is 0.907. The SMILES string of the molecule is CNC(=O)c1ccc(CN(C)[C@@H](C)c2ccccc2Cl)cc1. The lowest BCUT2D eigenvalue weighted by atomic mass is 10.1. The van der Waals surface area contributed by atoms with Gasteiger partial charge in [-0.1, -0.05) is 41.9 Å². The van der Waals surface area contributed by atoms with Crippen molar-refractivity contribution in [2.24, 2.45) is 0 Å². The Morgan fingerprint density at radius 2 is 1.82 bits per heavy atom. The maximum absolute atomic E-state index is 11.5. The van der Waals surface area contributed by atoms with Crippen LogP contribution in [0.3, 0.4) is 0 Å². The molecule has 0 aliphatic rings. The van der Waals surface area contributed by atoms with Gasteiger partial charge in [-0.05, 0) is 43.3 Å². The number of hydrogen-bond donors (Lipinski definition) is 1. The number of nitrogens with one attached hydrogen (secondary N) is 1. The molecule has 2 aromatic rings. The molecule has 4 heteroatoms. The molecule has 0 spiro atoms. The van der Waals surface area contributed by atoms with E-state index in [4.69, 9.17) is 11.6 Å². The monoisotopic (exact) mass is 316 g/mol. The minimum absolute atomic E-state index is 0.0654. The van der Waals surface area contributed by atoms with E-state index in [2.05, 4.69) is 30.3 Å². The molecule has 0 aliphatic heterocycles. The molecule has 0 aliphatic carbocycles. The van der Waals surface area contributed by atoms with Crippen LogP contribution in [-0.4, -0.2) is 24.9 Å². The van der Waals surface area contributed by atoms with E-state index in [0.29, 0.717) is 5.56 Å². The van der Waals surface area contributed by atoms with Crippen LogP contribution in [0.4, 0.5) is 0 Å². The number of amides is 1. The molecule has 0 fully saturated rings. The average Bonchev–Trinajstić information content (AvgIpc) is 2.54. The van der Waals surface area contributed by atoms with Crippen LogP contribution >= 0.6 is 11.6 Å². The van der Waals surface area contributed by atoms with E-state index in [9.17, 15) is 4.79 Å². The van der Waals surface area contributed by atoms with Crippen LogP contribution in [0.2, 0.25) is 5.02 Å². The first kappa shape index (κ1) is 16.5. The number of carbonyl (C=O) groups excluding carboxylic acids is 1. The molecule has 0 saturated carbocycles. The molecule has 1 amide bonds. The van der Waals surface area contributed by atoms with Crippen LogP contribution in [0.5, 0.6) is 0 Å². The third kappa shape index (κ3) is 3.87. The summed E-state index contributed by atoms with van der Waals surface area (Å²) in [5.74, 6) is -0.0654. The van der Waals surface area contributed by atoms with Gasteiger partial charge in [-0.25, -0.2) is 0 Å². The Hall–Kier alpha value is -1.84. The molecule has 1 N–H and O–H groups in total. The molecule has 0 bridgehead atoms. The van der Waals surface area contributed by atoms with Crippen molar-refractivity contribution < 1.29 is 4.79 Å². The largest absolute Gasteiger partial charge is 0.355 e. The van der Waals surface area contributed by atoms with Gasteiger partial charge in [0.15, 0.2) is 0 Å². The maximum Gasteiger partial charge on any atom is 0.251 e. The summed E-state index contributed by atoms with van der Waals surface area (Å²) in [5, 5.41) is 3.41. The van der Waals surface area contributed by atoms with Crippen molar-refractivity contribution in [3.63, 3.8) is 0 Å². The predicted octanol–water partition coefficient (Wildman–Crippen LogP) is 3.89. The lowest BCUT2D eigenvalue weighted by Gasteiger charge is -2.26. The van der Waals surface area contributed by atoms with Gasteiger partial charge in [0.1, 0.15) is 0 Å². The van der Waals surface area contributed by atoms with Gasteiger partial charge in [0.05, 0.1) is 0 Å². The molecule has 0 saturated heterocycles. The van der Waals surface area contributed by atoms with Crippen LogP contribution < -0.4 is 5.32 Å². The topological polar surface area (TPSA) is 32.3 Å². The van der Waals surface area contributed by atoms with Crippen molar-refractivity contribution in [3.8, 4) is 0 Å². The van der Waals surface area contributed by atoms with Gasteiger partial charge in [0, 0.05) is 30.2 Å². The summed E-state index contributed by atoms with van der Waals surface area (Å²) in [5.41, 5.74) is 2.95. The number of halogens is 1.